The average molecular weight is 539 g/mol. The van der Waals surface area contributed by atoms with Gasteiger partial charge in [-0.2, -0.15) is 8.78 Å². The van der Waals surface area contributed by atoms with Gasteiger partial charge in [-0.05, 0) is 80.2 Å². The lowest BCUT2D eigenvalue weighted by atomic mass is 9.81. The summed E-state index contributed by atoms with van der Waals surface area (Å²) in [5, 5.41) is 11.0. The van der Waals surface area contributed by atoms with E-state index in [1.54, 1.807) is 42.2 Å². The number of carbonyl (C=O) groups is 2. The number of phenols is 1. The third-order valence-electron chi connectivity index (χ3n) is 8.57. The number of phenolic OH excluding ortho intramolecular Hbond substituents is 1. The van der Waals surface area contributed by atoms with Gasteiger partial charge < -0.3 is 19.7 Å². The number of carbonyl (C=O) groups excluding carboxylic acids is 2. The predicted molar refractivity (Wildman–Crippen MR) is 141 cm³/mol. The Labute approximate surface area is 225 Å². The van der Waals surface area contributed by atoms with E-state index in [0.29, 0.717) is 41.2 Å². The van der Waals surface area contributed by atoms with Crippen LogP contribution in [-0.2, 0) is 11.2 Å². The van der Waals surface area contributed by atoms with E-state index < -0.39 is 18.2 Å². The molecule has 8 nitrogen and oxygen atoms in total. The number of nitrogens with one attached hydrogen (secondary N) is 1. The molecule has 0 aliphatic carbocycles. The molecule has 2 fully saturated rings. The Morgan fingerprint density at radius 1 is 1.13 bits per heavy atom. The smallest absolute Gasteiger partial charge is 0.387 e. The molecule has 10 heteroatoms. The minimum absolute atomic E-state index is 0.0205. The molecule has 3 amide bonds. The quantitative estimate of drug-likeness (QED) is 0.437. The van der Waals surface area contributed by atoms with Crippen molar-refractivity contribution in [2.45, 2.75) is 51.3 Å². The number of fused-ring (bicyclic) bond motifs is 4. The zero-order chi connectivity index (χ0) is 27.5. The Hall–Kier alpha value is -3.66. The van der Waals surface area contributed by atoms with Gasteiger partial charge in [-0.1, -0.05) is 19.1 Å². The van der Waals surface area contributed by atoms with Crippen LogP contribution in [0.4, 0.5) is 13.6 Å². The normalized spacial score (nSPS) is 24.1. The first-order valence-electron chi connectivity index (χ1n) is 13.4. The molecule has 0 bridgehead atoms. The number of ether oxygens (including phenoxy) is 1. The van der Waals surface area contributed by atoms with Crippen LogP contribution in [0.3, 0.4) is 0 Å². The van der Waals surface area contributed by atoms with Crippen molar-refractivity contribution in [3.63, 3.8) is 0 Å². The van der Waals surface area contributed by atoms with E-state index in [-0.39, 0.29) is 29.9 Å². The van der Waals surface area contributed by atoms with Crippen LogP contribution in [-0.4, -0.2) is 75.1 Å². The highest BCUT2D eigenvalue weighted by Gasteiger charge is 2.60. The largest absolute Gasteiger partial charge is 0.508 e. The number of alkyl halides is 2. The average Bonchev–Trinajstić information content (AvgIpc) is 3.33. The van der Waals surface area contributed by atoms with Crippen LogP contribution in [0, 0.1) is 5.92 Å². The van der Waals surface area contributed by atoms with Crippen LogP contribution in [0.5, 0.6) is 11.5 Å². The molecule has 3 aliphatic heterocycles. The van der Waals surface area contributed by atoms with Crippen LogP contribution in [0.2, 0.25) is 0 Å². The summed E-state index contributed by atoms with van der Waals surface area (Å²) in [6, 6.07) is 10.3. The zero-order valence-electron chi connectivity index (χ0n) is 22.0. The summed E-state index contributed by atoms with van der Waals surface area (Å²) in [6.45, 7) is 3.86. The van der Waals surface area contributed by atoms with Crippen LogP contribution in [0.25, 0.3) is 10.9 Å². The summed E-state index contributed by atoms with van der Waals surface area (Å²) < 4.78 is 30.6. The summed E-state index contributed by atoms with van der Waals surface area (Å²) in [7, 11) is 0. The minimum atomic E-state index is -2.96. The molecule has 206 valence electrons. The van der Waals surface area contributed by atoms with Gasteiger partial charge in [-0.25, -0.2) is 4.79 Å². The molecule has 1 aromatic heterocycles. The van der Waals surface area contributed by atoms with E-state index in [1.807, 2.05) is 6.07 Å². The molecule has 3 aromatic rings. The number of imide groups is 1. The number of H-pyrrole nitrogens is 1. The molecule has 0 radical (unpaired) electrons. The second-order valence-corrected chi connectivity index (χ2v) is 11.2. The SMILES string of the molecule is CC1CCN(CCN2C(=O)N3C(c4cccc(O)c4)c4[nH]c5ccc(OC(F)F)cc5c4CC3(C)C2=O)CC1. The molecule has 2 unspecified atom stereocenters. The monoisotopic (exact) mass is 538 g/mol. The first-order chi connectivity index (χ1) is 18.7. The van der Waals surface area contributed by atoms with Crippen LogP contribution < -0.4 is 4.74 Å². The number of amides is 3. The fourth-order valence-electron chi connectivity index (χ4n) is 6.43. The number of piperidine rings is 1. The van der Waals surface area contributed by atoms with Gasteiger partial charge in [0.2, 0.25) is 0 Å². The number of aromatic amines is 1. The lowest BCUT2D eigenvalue weighted by Crippen LogP contribution is -2.53. The lowest BCUT2D eigenvalue weighted by Gasteiger charge is -2.42. The van der Waals surface area contributed by atoms with Crippen molar-refractivity contribution in [1.29, 1.82) is 0 Å². The number of halogens is 2. The molecule has 2 atom stereocenters. The molecule has 3 aliphatic rings. The summed E-state index contributed by atoms with van der Waals surface area (Å²) in [5.41, 5.74) is 1.60. The summed E-state index contributed by atoms with van der Waals surface area (Å²) >= 11 is 0. The van der Waals surface area contributed by atoms with Crippen LogP contribution >= 0.6 is 0 Å². The highest BCUT2D eigenvalue weighted by Crippen LogP contribution is 2.49. The Morgan fingerprint density at radius 2 is 1.90 bits per heavy atom. The Morgan fingerprint density at radius 3 is 2.62 bits per heavy atom. The molecule has 0 spiro atoms. The second kappa shape index (κ2) is 9.51. The number of rotatable bonds is 6. The number of nitrogens with zero attached hydrogens (tertiary/aromatic N) is 3. The third-order valence-corrected chi connectivity index (χ3v) is 8.57. The topological polar surface area (TPSA) is 89.1 Å². The van der Waals surface area contributed by atoms with Gasteiger partial charge in [-0.3, -0.25) is 14.6 Å². The maximum atomic E-state index is 14.0. The minimum Gasteiger partial charge on any atom is -0.508 e. The molecule has 0 saturated carbocycles. The Bertz CT molecular complexity index is 1430. The van der Waals surface area contributed by atoms with Crippen molar-refractivity contribution in [1.82, 2.24) is 19.7 Å². The van der Waals surface area contributed by atoms with Crippen LogP contribution in [0.15, 0.2) is 42.5 Å². The highest BCUT2D eigenvalue weighted by atomic mass is 19.3. The number of aromatic hydroxyl groups is 1. The lowest BCUT2D eigenvalue weighted by molar-refractivity contribution is -0.133. The number of hydrogen-bond donors (Lipinski definition) is 2. The van der Waals surface area contributed by atoms with E-state index >= 15 is 0 Å². The Kier molecular flexibility index (Phi) is 6.25. The van der Waals surface area contributed by atoms with Gasteiger partial charge in [0.1, 0.15) is 23.1 Å². The summed E-state index contributed by atoms with van der Waals surface area (Å²) in [6.07, 6.45) is 2.42. The molecule has 6 rings (SSSR count). The van der Waals surface area contributed by atoms with Crippen molar-refractivity contribution >= 4 is 22.8 Å². The number of benzene rings is 2. The van der Waals surface area contributed by atoms with Crippen LogP contribution in [0.1, 0.15) is 49.6 Å². The first kappa shape index (κ1) is 25.6. The predicted octanol–water partition coefficient (Wildman–Crippen LogP) is 4.88. The fourth-order valence-corrected chi connectivity index (χ4v) is 6.43. The van der Waals surface area contributed by atoms with Gasteiger partial charge in [0.25, 0.3) is 5.91 Å². The molecule has 2 aromatic carbocycles. The Balaban J connectivity index is 1.41. The number of urea groups is 1. The standard InChI is InChI=1S/C29H32F2N4O4/c1-17-8-10-33(11-9-17)12-13-34-26(37)29(2)16-22-21-15-20(39-27(30)31)6-7-23(21)32-24(22)25(35(29)28(34)38)18-4-3-5-19(36)14-18/h3-7,14-15,17,25,27,32,36H,8-13,16H2,1-2H3. The van der Waals surface area contributed by atoms with Crippen molar-refractivity contribution in [3.8, 4) is 11.5 Å². The maximum Gasteiger partial charge on any atom is 0.387 e. The van der Waals surface area contributed by atoms with Gasteiger partial charge >= 0.3 is 12.6 Å². The van der Waals surface area contributed by atoms with E-state index in [1.165, 1.54) is 11.0 Å². The number of aromatic nitrogens is 1. The molecule has 39 heavy (non-hydrogen) atoms. The molecule has 2 saturated heterocycles. The first-order valence-corrected chi connectivity index (χ1v) is 13.4. The maximum absolute atomic E-state index is 14.0. The summed E-state index contributed by atoms with van der Waals surface area (Å²) in [4.78, 5) is 36.6. The van der Waals surface area contributed by atoms with E-state index in [2.05, 4.69) is 21.5 Å². The van der Waals surface area contributed by atoms with Gasteiger partial charge in [0, 0.05) is 36.1 Å². The number of likely N-dealkylation sites (tertiary alicyclic amines) is 1. The molecular weight excluding hydrogens is 506 g/mol. The summed E-state index contributed by atoms with van der Waals surface area (Å²) in [5.74, 6) is 0.469. The highest BCUT2D eigenvalue weighted by molar-refractivity contribution is 6.08. The van der Waals surface area contributed by atoms with E-state index in [4.69, 9.17) is 0 Å². The van der Waals surface area contributed by atoms with Crippen molar-refractivity contribution in [3.05, 3.63) is 59.3 Å². The van der Waals surface area contributed by atoms with E-state index in [9.17, 15) is 23.5 Å². The van der Waals surface area contributed by atoms with Crippen molar-refractivity contribution in [2.75, 3.05) is 26.2 Å². The molecule has 2 N–H and O–H groups in total. The van der Waals surface area contributed by atoms with Gasteiger partial charge in [0.05, 0.1) is 0 Å². The second-order valence-electron chi connectivity index (χ2n) is 11.2. The van der Waals surface area contributed by atoms with E-state index in [0.717, 1.165) is 31.5 Å². The molecular formula is C29H32F2N4O4. The zero-order valence-corrected chi connectivity index (χ0v) is 22.0. The third kappa shape index (κ3) is 4.30. The van der Waals surface area contributed by atoms with Gasteiger partial charge in [0.15, 0.2) is 0 Å². The fraction of sp³-hybridized carbons (Fsp3) is 0.448. The van der Waals surface area contributed by atoms with Gasteiger partial charge in [-0.15, -0.1) is 0 Å². The van der Waals surface area contributed by atoms with Crippen molar-refractivity contribution in [2.24, 2.45) is 5.92 Å². The molecule has 4 heterocycles. The van der Waals surface area contributed by atoms with Crippen molar-refractivity contribution < 1.29 is 28.2 Å². The number of hydrogen-bond acceptors (Lipinski definition) is 5.